The number of likely N-dealkylation sites (N-methyl/N-ethyl adjacent to an activating group) is 1. The van der Waals surface area contributed by atoms with Gasteiger partial charge in [0.15, 0.2) is 0 Å². The Morgan fingerprint density at radius 2 is 2.50 bits per heavy atom. The van der Waals surface area contributed by atoms with Gasteiger partial charge >= 0.3 is 5.82 Å². The molecule has 1 amide bonds. The van der Waals surface area contributed by atoms with E-state index in [2.05, 4.69) is 10.4 Å². The molecular weight excluding hydrogens is 188 g/mol. The van der Waals surface area contributed by atoms with E-state index in [0.29, 0.717) is 6.54 Å². The number of carbonyl (C=O) groups excluding carboxylic acids is 1. The minimum absolute atomic E-state index is 0.00167. The molecule has 1 rings (SSSR count). The molecule has 0 spiro atoms. The maximum atomic E-state index is 11.0. The molecule has 7 heteroatoms. The van der Waals surface area contributed by atoms with Gasteiger partial charge in [0.05, 0.1) is 17.4 Å². The SMILES string of the molecule is CCNC(=O)Cn1ccc([N+](=O)[O-])n1. The second-order valence-corrected chi connectivity index (χ2v) is 2.58. The fourth-order valence-electron chi connectivity index (χ4n) is 0.937. The molecule has 0 saturated carbocycles. The Morgan fingerprint density at radius 3 is 3.00 bits per heavy atom. The highest BCUT2D eigenvalue weighted by Gasteiger charge is 2.12. The largest absolute Gasteiger partial charge is 0.389 e. The molecule has 0 aliphatic carbocycles. The first-order valence-corrected chi connectivity index (χ1v) is 4.08. The molecule has 76 valence electrons. The first kappa shape index (κ1) is 10.2. The smallest absolute Gasteiger partial charge is 0.358 e. The van der Waals surface area contributed by atoms with Crippen molar-refractivity contribution in [1.82, 2.24) is 15.1 Å². The number of hydrogen-bond acceptors (Lipinski definition) is 4. The van der Waals surface area contributed by atoms with Gasteiger partial charge in [-0.3, -0.25) is 4.79 Å². The number of nitro groups is 1. The fraction of sp³-hybridized carbons (Fsp3) is 0.429. The summed E-state index contributed by atoms with van der Waals surface area (Å²) in [6, 6.07) is 1.25. The molecule has 0 fully saturated rings. The van der Waals surface area contributed by atoms with E-state index in [1.165, 1.54) is 16.9 Å². The van der Waals surface area contributed by atoms with Crippen molar-refractivity contribution in [2.24, 2.45) is 0 Å². The van der Waals surface area contributed by atoms with Crippen molar-refractivity contribution in [3.8, 4) is 0 Å². The van der Waals surface area contributed by atoms with E-state index in [4.69, 9.17) is 0 Å². The second-order valence-electron chi connectivity index (χ2n) is 2.58. The average Bonchev–Trinajstić information content (AvgIpc) is 2.53. The Morgan fingerprint density at radius 1 is 1.79 bits per heavy atom. The summed E-state index contributed by atoms with van der Waals surface area (Å²) in [6.07, 6.45) is 1.40. The van der Waals surface area contributed by atoms with Gasteiger partial charge in [-0.05, 0) is 11.8 Å². The molecule has 0 radical (unpaired) electrons. The van der Waals surface area contributed by atoms with Crippen LogP contribution in [0.5, 0.6) is 0 Å². The van der Waals surface area contributed by atoms with Crippen molar-refractivity contribution < 1.29 is 9.72 Å². The minimum Gasteiger partial charge on any atom is -0.358 e. The molecule has 1 aromatic rings. The summed E-state index contributed by atoms with van der Waals surface area (Å²) in [7, 11) is 0. The van der Waals surface area contributed by atoms with Gasteiger partial charge in [-0.1, -0.05) is 0 Å². The summed E-state index contributed by atoms with van der Waals surface area (Å²) in [5, 5.41) is 16.4. The highest BCUT2D eigenvalue weighted by molar-refractivity contribution is 5.75. The quantitative estimate of drug-likeness (QED) is 0.541. The minimum atomic E-state index is -0.603. The number of hydrogen-bond donors (Lipinski definition) is 1. The van der Waals surface area contributed by atoms with Crippen LogP contribution in [0.15, 0.2) is 12.3 Å². The number of nitrogens with zero attached hydrogens (tertiary/aromatic N) is 3. The molecule has 1 N–H and O–H groups in total. The number of rotatable bonds is 4. The van der Waals surface area contributed by atoms with Crippen molar-refractivity contribution >= 4 is 11.7 Å². The predicted molar refractivity (Wildman–Crippen MR) is 47.6 cm³/mol. The Kier molecular flexibility index (Phi) is 3.16. The van der Waals surface area contributed by atoms with Gasteiger partial charge in [0, 0.05) is 6.54 Å². The van der Waals surface area contributed by atoms with E-state index in [1.807, 2.05) is 0 Å². The first-order valence-electron chi connectivity index (χ1n) is 4.08. The van der Waals surface area contributed by atoms with Gasteiger partial charge in [0.25, 0.3) is 0 Å². The zero-order valence-electron chi connectivity index (χ0n) is 7.64. The molecule has 7 nitrogen and oxygen atoms in total. The topological polar surface area (TPSA) is 90.1 Å². The number of carbonyl (C=O) groups is 1. The van der Waals surface area contributed by atoms with Crippen LogP contribution in [0.4, 0.5) is 5.82 Å². The summed E-state index contributed by atoms with van der Waals surface area (Å²) in [5.74, 6) is -0.472. The van der Waals surface area contributed by atoms with Crippen molar-refractivity contribution in [3.63, 3.8) is 0 Å². The van der Waals surface area contributed by atoms with Gasteiger partial charge in [-0.15, -0.1) is 0 Å². The third-order valence-electron chi connectivity index (χ3n) is 1.49. The Hall–Kier alpha value is -1.92. The van der Waals surface area contributed by atoms with Gasteiger partial charge in [-0.25, -0.2) is 0 Å². The molecule has 0 saturated heterocycles. The molecule has 1 heterocycles. The van der Waals surface area contributed by atoms with Gasteiger partial charge in [0.1, 0.15) is 6.54 Å². The lowest BCUT2D eigenvalue weighted by Crippen LogP contribution is -2.27. The van der Waals surface area contributed by atoms with E-state index in [9.17, 15) is 14.9 Å². The van der Waals surface area contributed by atoms with Crippen molar-refractivity contribution in [2.75, 3.05) is 6.54 Å². The maximum absolute atomic E-state index is 11.0. The van der Waals surface area contributed by atoms with E-state index in [1.54, 1.807) is 6.92 Å². The summed E-state index contributed by atoms with van der Waals surface area (Å²) < 4.78 is 1.23. The van der Waals surface area contributed by atoms with Crippen LogP contribution in [0.2, 0.25) is 0 Å². The second kappa shape index (κ2) is 4.35. The lowest BCUT2D eigenvalue weighted by molar-refractivity contribution is -0.389. The molecule has 0 atom stereocenters. The fourth-order valence-corrected chi connectivity index (χ4v) is 0.937. The van der Waals surface area contributed by atoms with Gasteiger partial charge in [-0.2, -0.15) is 4.68 Å². The summed E-state index contributed by atoms with van der Waals surface area (Å²) in [4.78, 5) is 20.7. The molecule has 0 unspecified atom stereocenters. The lowest BCUT2D eigenvalue weighted by Gasteiger charge is -1.97. The van der Waals surface area contributed by atoms with E-state index < -0.39 is 4.92 Å². The van der Waals surface area contributed by atoms with E-state index >= 15 is 0 Å². The molecule has 1 aromatic heterocycles. The Balaban J connectivity index is 2.59. The molecular formula is C7H10N4O3. The van der Waals surface area contributed by atoms with Crippen LogP contribution in [0.3, 0.4) is 0 Å². The highest BCUT2D eigenvalue weighted by Crippen LogP contribution is 2.04. The van der Waals surface area contributed by atoms with Crippen LogP contribution in [0, 0.1) is 10.1 Å². The monoisotopic (exact) mass is 198 g/mol. The van der Waals surface area contributed by atoms with E-state index in [-0.39, 0.29) is 18.3 Å². The summed E-state index contributed by atoms with van der Waals surface area (Å²) >= 11 is 0. The predicted octanol–water partition coefficient (Wildman–Crippen LogP) is -0.0726. The van der Waals surface area contributed by atoms with E-state index in [0.717, 1.165) is 0 Å². The Labute approximate surface area is 79.9 Å². The molecule has 14 heavy (non-hydrogen) atoms. The first-order chi connectivity index (χ1) is 6.63. The average molecular weight is 198 g/mol. The summed E-state index contributed by atoms with van der Waals surface area (Å²) in [6.45, 7) is 2.33. The Bertz CT molecular complexity index is 346. The highest BCUT2D eigenvalue weighted by atomic mass is 16.6. The van der Waals surface area contributed by atoms with Gasteiger partial charge in [0.2, 0.25) is 5.91 Å². The number of nitrogens with one attached hydrogen (secondary N) is 1. The zero-order chi connectivity index (χ0) is 10.6. The molecule has 0 bridgehead atoms. The summed E-state index contributed by atoms with van der Waals surface area (Å²) in [5.41, 5.74) is 0. The van der Waals surface area contributed by atoms with Crippen LogP contribution in [-0.2, 0) is 11.3 Å². The van der Waals surface area contributed by atoms with Crippen molar-refractivity contribution in [1.29, 1.82) is 0 Å². The number of amides is 1. The standard InChI is InChI=1S/C7H10N4O3/c1-2-8-7(12)5-10-4-3-6(9-10)11(13)14/h3-4H,2,5H2,1H3,(H,8,12). The van der Waals surface area contributed by atoms with Crippen LogP contribution >= 0.6 is 0 Å². The van der Waals surface area contributed by atoms with Crippen LogP contribution in [0.1, 0.15) is 6.92 Å². The van der Waals surface area contributed by atoms with Crippen molar-refractivity contribution in [3.05, 3.63) is 22.4 Å². The van der Waals surface area contributed by atoms with Crippen molar-refractivity contribution in [2.45, 2.75) is 13.5 Å². The van der Waals surface area contributed by atoms with Gasteiger partial charge < -0.3 is 15.4 Å². The number of aromatic nitrogens is 2. The van der Waals surface area contributed by atoms with Crippen LogP contribution < -0.4 is 5.32 Å². The third-order valence-corrected chi connectivity index (χ3v) is 1.49. The third kappa shape index (κ3) is 2.54. The lowest BCUT2D eigenvalue weighted by atomic mass is 10.5. The molecule has 0 aromatic carbocycles. The zero-order valence-corrected chi connectivity index (χ0v) is 7.64. The normalized spacial score (nSPS) is 9.79. The molecule has 0 aliphatic heterocycles. The maximum Gasteiger partial charge on any atom is 0.389 e. The van der Waals surface area contributed by atoms with Crippen LogP contribution in [-0.4, -0.2) is 27.2 Å². The van der Waals surface area contributed by atoms with Crippen LogP contribution in [0.25, 0.3) is 0 Å². The molecule has 0 aliphatic rings.